The molecule has 0 bridgehead atoms. The van der Waals surface area contributed by atoms with E-state index in [2.05, 4.69) is 28.4 Å². The van der Waals surface area contributed by atoms with Crippen LogP contribution in [0.15, 0.2) is 30.3 Å². The van der Waals surface area contributed by atoms with Crippen LogP contribution in [0.5, 0.6) is 0 Å². The van der Waals surface area contributed by atoms with Crippen molar-refractivity contribution >= 4 is 0 Å². The zero-order chi connectivity index (χ0) is 13.8. The fourth-order valence-electron chi connectivity index (χ4n) is 3.62. The number of rotatable bonds is 4. The summed E-state index contributed by atoms with van der Waals surface area (Å²) in [5.41, 5.74) is 1.13. The predicted octanol–water partition coefficient (Wildman–Crippen LogP) is 2.51. The Morgan fingerprint density at radius 2 is 2.10 bits per heavy atom. The van der Waals surface area contributed by atoms with Gasteiger partial charge in [-0.25, -0.2) is 0 Å². The Hall–Kier alpha value is -1.37. The lowest BCUT2D eigenvalue weighted by molar-refractivity contribution is 0.167. The summed E-state index contributed by atoms with van der Waals surface area (Å²) in [7, 11) is 0. The van der Waals surface area contributed by atoms with Gasteiger partial charge in [-0.15, -0.1) is 0 Å². The monoisotopic (exact) mass is 269 g/mol. The van der Waals surface area contributed by atoms with Crippen LogP contribution in [-0.2, 0) is 0 Å². The van der Waals surface area contributed by atoms with Gasteiger partial charge in [0.2, 0.25) is 0 Å². The normalized spacial score (nSPS) is 27.8. The van der Waals surface area contributed by atoms with Gasteiger partial charge in [-0.1, -0.05) is 30.3 Å². The van der Waals surface area contributed by atoms with Crippen molar-refractivity contribution in [2.24, 2.45) is 0 Å². The number of nitrogens with zero attached hydrogens (tertiary/aromatic N) is 2. The molecule has 0 radical (unpaired) electrons. The Labute approximate surface area is 121 Å². The lowest BCUT2D eigenvalue weighted by Crippen LogP contribution is -2.46. The first-order valence-corrected chi connectivity index (χ1v) is 7.79. The zero-order valence-corrected chi connectivity index (χ0v) is 12.0. The maximum Gasteiger partial charge on any atom is 0.0837 e. The summed E-state index contributed by atoms with van der Waals surface area (Å²) < 4.78 is 0. The van der Waals surface area contributed by atoms with Crippen LogP contribution in [0.2, 0.25) is 0 Å². The van der Waals surface area contributed by atoms with Crippen LogP contribution in [0, 0.1) is 11.3 Å². The largest absolute Gasteiger partial charge is 0.312 e. The van der Waals surface area contributed by atoms with Gasteiger partial charge >= 0.3 is 0 Å². The highest BCUT2D eigenvalue weighted by atomic mass is 15.2. The fraction of sp³-hybridized carbons (Fsp3) is 0.588. The Morgan fingerprint density at radius 1 is 1.25 bits per heavy atom. The van der Waals surface area contributed by atoms with Crippen molar-refractivity contribution < 1.29 is 0 Å². The minimum absolute atomic E-state index is 0.0298. The highest BCUT2D eigenvalue weighted by Gasteiger charge is 2.31. The third-order valence-corrected chi connectivity index (χ3v) is 4.79. The minimum Gasteiger partial charge on any atom is -0.312 e. The Balaban J connectivity index is 1.52. The first-order chi connectivity index (χ1) is 9.86. The maximum absolute atomic E-state index is 9.36. The molecule has 2 saturated heterocycles. The van der Waals surface area contributed by atoms with E-state index < -0.39 is 0 Å². The van der Waals surface area contributed by atoms with Gasteiger partial charge in [0.05, 0.1) is 12.0 Å². The smallest absolute Gasteiger partial charge is 0.0837 e. The number of hydrogen-bond donors (Lipinski definition) is 1. The molecule has 1 N–H and O–H groups in total. The SMILES string of the molecule is N#CC(CNC1CCN2CCCC2C1)c1ccccc1. The molecular formula is C17H23N3. The van der Waals surface area contributed by atoms with E-state index in [1.165, 1.54) is 38.8 Å². The lowest BCUT2D eigenvalue weighted by atomic mass is 9.95. The van der Waals surface area contributed by atoms with Gasteiger partial charge in [-0.2, -0.15) is 5.26 Å². The summed E-state index contributed by atoms with van der Waals surface area (Å²) in [5, 5.41) is 13.0. The average molecular weight is 269 g/mol. The average Bonchev–Trinajstić information content (AvgIpc) is 2.96. The van der Waals surface area contributed by atoms with Gasteiger partial charge in [0.15, 0.2) is 0 Å². The standard InChI is InChI=1S/C17H23N3/c18-12-15(14-5-2-1-3-6-14)13-19-16-8-10-20-9-4-7-17(20)11-16/h1-3,5-6,15-17,19H,4,7-11,13H2. The minimum atomic E-state index is -0.0298. The predicted molar refractivity (Wildman–Crippen MR) is 80.4 cm³/mol. The molecule has 0 aromatic heterocycles. The maximum atomic E-state index is 9.36. The van der Waals surface area contributed by atoms with E-state index in [0.29, 0.717) is 6.04 Å². The molecule has 2 aliphatic heterocycles. The van der Waals surface area contributed by atoms with Gasteiger partial charge in [0.25, 0.3) is 0 Å². The molecule has 1 aromatic rings. The Morgan fingerprint density at radius 3 is 2.90 bits per heavy atom. The van der Waals surface area contributed by atoms with Crippen LogP contribution in [0.3, 0.4) is 0 Å². The van der Waals surface area contributed by atoms with Crippen LogP contribution in [-0.4, -0.2) is 36.6 Å². The molecule has 2 aliphatic rings. The fourth-order valence-corrected chi connectivity index (χ4v) is 3.62. The van der Waals surface area contributed by atoms with Crippen molar-refractivity contribution in [1.82, 2.24) is 10.2 Å². The number of benzene rings is 1. The molecule has 3 heteroatoms. The molecule has 1 aromatic carbocycles. The molecule has 106 valence electrons. The van der Waals surface area contributed by atoms with Crippen LogP contribution >= 0.6 is 0 Å². The molecule has 3 atom stereocenters. The third-order valence-electron chi connectivity index (χ3n) is 4.79. The van der Waals surface area contributed by atoms with Crippen molar-refractivity contribution in [3.8, 4) is 6.07 Å². The molecule has 0 amide bonds. The Bertz CT molecular complexity index is 465. The summed E-state index contributed by atoms with van der Waals surface area (Å²) in [5.74, 6) is -0.0298. The summed E-state index contributed by atoms with van der Waals surface area (Å²) in [6, 6.07) is 13.9. The molecule has 3 rings (SSSR count). The second kappa shape index (κ2) is 6.39. The quantitative estimate of drug-likeness (QED) is 0.913. The van der Waals surface area contributed by atoms with Crippen LogP contribution in [0.4, 0.5) is 0 Å². The summed E-state index contributed by atoms with van der Waals surface area (Å²) in [6.45, 7) is 3.30. The van der Waals surface area contributed by atoms with Crippen LogP contribution < -0.4 is 5.32 Å². The van der Waals surface area contributed by atoms with Crippen molar-refractivity contribution in [3.63, 3.8) is 0 Å². The number of piperidine rings is 1. The van der Waals surface area contributed by atoms with Gasteiger partial charge in [0, 0.05) is 18.6 Å². The molecule has 0 saturated carbocycles. The van der Waals surface area contributed by atoms with E-state index in [-0.39, 0.29) is 5.92 Å². The summed E-state index contributed by atoms with van der Waals surface area (Å²) in [4.78, 5) is 2.64. The van der Waals surface area contributed by atoms with Crippen LogP contribution in [0.25, 0.3) is 0 Å². The third kappa shape index (κ3) is 3.03. The zero-order valence-electron chi connectivity index (χ0n) is 12.0. The van der Waals surface area contributed by atoms with Crippen molar-refractivity contribution in [3.05, 3.63) is 35.9 Å². The molecule has 2 heterocycles. The topological polar surface area (TPSA) is 39.1 Å². The number of hydrogen-bond acceptors (Lipinski definition) is 3. The van der Waals surface area contributed by atoms with Gasteiger partial charge in [-0.05, 0) is 44.3 Å². The molecular weight excluding hydrogens is 246 g/mol. The van der Waals surface area contributed by atoms with E-state index in [9.17, 15) is 5.26 Å². The summed E-state index contributed by atoms with van der Waals surface area (Å²) >= 11 is 0. The Kier molecular flexibility index (Phi) is 4.34. The second-order valence-electron chi connectivity index (χ2n) is 6.05. The first-order valence-electron chi connectivity index (χ1n) is 7.79. The van der Waals surface area contributed by atoms with E-state index in [0.717, 1.165) is 18.2 Å². The number of fused-ring (bicyclic) bond motifs is 1. The molecule has 2 fully saturated rings. The van der Waals surface area contributed by atoms with Gasteiger partial charge in [-0.3, -0.25) is 0 Å². The van der Waals surface area contributed by atoms with Crippen molar-refractivity contribution in [2.75, 3.05) is 19.6 Å². The molecule has 20 heavy (non-hydrogen) atoms. The van der Waals surface area contributed by atoms with E-state index in [4.69, 9.17) is 0 Å². The lowest BCUT2D eigenvalue weighted by Gasteiger charge is -2.35. The number of nitrogens with one attached hydrogen (secondary N) is 1. The second-order valence-corrected chi connectivity index (χ2v) is 6.05. The van der Waals surface area contributed by atoms with Gasteiger partial charge in [0.1, 0.15) is 0 Å². The van der Waals surface area contributed by atoms with Crippen molar-refractivity contribution in [2.45, 2.75) is 43.7 Å². The first kappa shape index (κ1) is 13.6. The van der Waals surface area contributed by atoms with E-state index >= 15 is 0 Å². The molecule has 3 unspecified atom stereocenters. The molecule has 3 nitrogen and oxygen atoms in total. The number of nitriles is 1. The van der Waals surface area contributed by atoms with Crippen molar-refractivity contribution in [1.29, 1.82) is 5.26 Å². The van der Waals surface area contributed by atoms with Crippen LogP contribution in [0.1, 0.15) is 37.2 Å². The van der Waals surface area contributed by atoms with E-state index in [1.807, 2.05) is 18.2 Å². The highest BCUT2D eigenvalue weighted by molar-refractivity contribution is 5.25. The summed E-state index contributed by atoms with van der Waals surface area (Å²) in [6.07, 6.45) is 5.21. The molecule has 0 aliphatic carbocycles. The van der Waals surface area contributed by atoms with Gasteiger partial charge < -0.3 is 10.2 Å². The van der Waals surface area contributed by atoms with E-state index in [1.54, 1.807) is 0 Å². The highest BCUT2D eigenvalue weighted by Crippen LogP contribution is 2.27. The molecule has 0 spiro atoms.